The minimum absolute atomic E-state index is 0.180. The van der Waals surface area contributed by atoms with Crippen molar-refractivity contribution in [1.29, 1.82) is 0 Å². The van der Waals surface area contributed by atoms with Crippen molar-refractivity contribution in [3.63, 3.8) is 0 Å². The molecule has 0 amide bonds. The van der Waals surface area contributed by atoms with Gasteiger partial charge in [0, 0.05) is 12.0 Å². The van der Waals surface area contributed by atoms with Gasteiger partial charge in [-0.2, -0.15) is 0 Å². The van der Waals surface area contributed by atoms with Crippen LogP contribution in [0.4, 0.5) is 0 Å². The molecule has 2 fully saturated rings. The second kappa shape index (κ2) is 5.08. The van der Waals surface area contributed by atoms with Gasteiger partial charge in [-0.15, -0.1) is 0 Å². The molecule has 0 aromatic rings. The second-order valence-electron chi connectivity index (χ2n) is 4.84. The Morgan fingerprint density at radius 2 is 2.13 bits per heavy atom. The first-order valence-corrected chi connectivity index (χ1v) is 6.00. The molecule has 1 atom stereocenters. The fourth-order valence-electron chi connectivity index (χ4n) is 2.48. The Labute approximate surface area is 91.1 Å². The molecule has 3 heteroatoms. The topological polar surface area (TPSA) is 35.5 Å². The Balaban J connectivity index is 1.81. The number of hydrogen-bond donors (Lipinski definition) is 0. The molecule has 15 heavy (non-hydrogen) atoms. The number of carbonyl (C=O) groups excluding carboxylic acids is 1. The summed E-state index contributed by atoms with van der Waals surface area (Å²) < 4.78 is 11.0. The summed E-state index contributed by atoms with van der Waals surface area (Å²) in [6.07, 6.45) is 7.95. The summed E-state index contributed by atoms with van der Waals surface area (Å²) in [7, 11) is 0. The first-order chi connectivity index (χ1) is 7.35. The van der Waals surface area contributed by atoms with Crippen molar-refractivity contribution < 1.29 is 14.3 Å². The Bertz CT molecular complexity index is 203. The number of hydrogen-bond acceptors (Lipinski definition) is 3. The summed E-state index contributed by atoms with van der Waals surface area (Å²) in [6.45, 7) is 2.11. The smallest absolute Gasteiger partial charge is 0.128 e. The summed E-state index contributed by atoms with van der Waals surface area (Å²) in [4.78, 5) is 11.2. The summed E-state index contributed by atoms with van der Waals surface area (Å²) >= 11 is 0. The maximum Gasteiger partial charge on any atom is 0.128 e. The standard InChI is InChI=1S/C12H20O3/c13-9-12(5-2-1-3-6-12)10-15-11-4-7-14-8-11/h9,11H,1-8,10H2/t11-/m0/s1. The highest BCUT2D eigenvalue weighted by Crippen LogP contribution is 2.35. The molecule has 0 N–H and O–H groups in total. The molecule has 1 saturated heterocycles. The minimum Gasteiger partial charge on any atom is -0.379 e. The van der Waals surface area contributed by atoms with Gasteiger partial charge in [-0.3, -0.25) is 0 Å². The van der Waals surface area contributed by atoms with Gasteiger partial charge in [-0.25, -0.2) is 0 Å². The summed E-state index contributed by atoms with van der Waals surface area (Å²) in [5.74, 6) is 0. The Morgan fingerprint density at radius 1 is 1.33 bits per heavy atom. The molecule has 2 rings (SSSR count). The van der Waals surface area contributed by atoms with Gasteiger partial charge in [0.2, 0.25) is 0 Å². The van der Waals surface area contributed by atoms with Crippen LogP contribution in [0.25, 0.3) is 0 Å². The van der Waals surface area contributed by atoms with E-state index in [4.69, 9.17) is 9.47 Å². The Kier molecular flexibility index (Phi) is 3.76. The van der Waals surface area contributed by atoms with Crippen LogP contribution in [0.5, 0.6) is 0 Å². The van der Waals surface area contributed by atoms with Crippen LogP contribution >= 0.6 is 0 Å². The van der Waals surface area contributed by atoms with Crippen molar-refractivity contribution in [2.45, 2.75) is 44.6 Å². The molecule has 0 aromatic carbocycles. The number of aldehydes is 1. The average Bonchev–Trinajstić information content (AvgIpc) is 2.81. The quantitative estimate of drug-likeness (QED) is 0.668. The van der Waals surface area contributed by atoms with E-state index < -0.39 is 0 Å². The van der Waals surface area contributed by atoms with E-state index in [0.29, 0.717) is 13.2 Å². The van der Waals surface area contributed by atoms with Crippen LogP contribution in [0.15, 0.2) is 0 Å². The van der Waals surface area contributed by atoms with Crippen molar-refractivity contribution in [1.82, 2.24) is 0 Å². The van der Waals surface area contributed by atoms with Gasteiger partial charge in [-0.1, -0.05) is 19.3 Å². The average molecular weight is 212 g/mol. The maximum atomic E-state index is 11.2. The fourth-order valence-corrected chi connectivity index (χ4v) is 2.48. The lowest BCUT2D eigenvalue weighted by molar-refractivity contribution is -0.124. The lowest BCUT2D eigenvalue weighted by Crippen LogP contribution is -2.33. The number of ether oxygens (including phenoxy) is 2. The SMILES string of the molecule is O=CC1(CO[C@H]2CCOC2)CCCCC1. The molecular formula is C12H20O3. The highest BCUT2D eigenvalue weighted by atomic mass is 16.5. The zero-order valence-electron chi connectivity index (χ0n) is 9.24. The van der Waals surface area contributed by atoms with Crippen LogP contribution in [-0.4, -0.2) is 32.2 Å². The summed E-state index contributed by atoms with van der Waals surface area (Å²) in [6, 6.07) is 0. The van der Waals surface area contributed by atoms with E-state index in [1.807, 2.05) is 0 Å². The third kappa shape index (κ3) is 2.79. The molecule has 1 aliphatic carbocycles. The maximum absolute atomic E-state index is 11.2. The monoisotopic (exact) mass is 212 g/mol. The van der Waals surface area contributed by atoms with Crippen molar-refractivity contribution in [2.75, 3.05) is 19.8 Å². The van der Waals surface area contributed by atoms with Crippen LogP contribution in [0, 0.1) is 5.41 Å². The molecule has 0 bridgehead atoms. The van der Waals surface area contributed by atoms with Crippen LogP contribution < -0.4 is 0 Å². The minimum atomic E-state index is -0.180. The highest BCUT2D eigenvalue weighted by molar-refractivity contribution is 5.59. The first kappa shape index (κ1) is 11.1. The number of carbonyl (C=O) groups is 1. The van der Waals surface area contributed by atoms with Crippen molar-refractivity contribution in [3.8, 4) is 0 Å². The van der Waals surface area contributed by atoms with E-state index in [-0.39, 0.29) is 11.5 Å². The van der Waals surface area contributed by atoms with Gasteiger partial charge in [0.15, 0.2) is 0 Å². The van der Waals surface area contributed by atoms with Crippen molar-refractivity contribution >= 4 is 6.29 Å². The molecule has 1 aliphatic heterocycles. The van der Waals surface area contributed by atoms with E-state index in [2.05, 4.69) is 0 Å². The van der Waals surface area contributed by atoms with Gasteiger partial charge in [0.25, 0.3) is 0 Å². The molecule has 1 saturated carbocycles. The summed E-state index contributed by atoms with van der Waals surface area (Å²) in [5, 5.41) is 0. The lowest BCUT2D eigenvalue weighted by atomic mass is 9.76. The molecule has 2 aliphatic rings. The predicted octanol–water partition coefficient (Wildman–Crippen LogP) is 1.94. The molecular weight excluding hydrogens is 192 g/mol. The van der Waals surface area contributed by atoms with E-state index >= 15 is 0 Å². The normalized spacial score (nSPS) is 30.3. The van der Waals surface area contributed by atoms with Gasteiger partial charge in [0.05, 0.1) is 19.3 Å². The predicted molar refractivity (Wildman–Crippen MR) is 56.8 cm³/mol. The van der Waals surface area contributed by atoms with E-state index in [0.717, 1.165) is 32.2 Å². The molecule has 1 heterocycles. The molecule has 0 spiro atoms. The fraction of sp³-hybridized carbons (Fsp3) is 0.917. The van der Waals surface area contributed by atoms with E-state index in [1.165, 1.54) is 19.3 Å². The number of rotatable bonds is 4. The van der Waals surface area contributed by atoms with Crippen molar-refractivity contribution in [3.05, 3.63) is 0 Å². The molecule has 3 nitrogen and oxygen atoms in total. The van der Waals surface area contributed by atoms with Gasteiger partial charge < -0.3 is 14.3 Å². The van der Waals surface area contributed by atoms with Gasteiger partial charge in [-0.05, 0) is 19.3 Å². The molecule has 0 aromatic heterocycles. The second-order valence-corrected chi connectivity index (χ2v) is 4.84. The van der Waals surface area contributed by atoms with Gasteiger partial charge in [0.1, 0.15) is 6.29 Å². The van der Waals surface area contributed by atoms with Crippen LogP contribution in [-0.2, 0) is 14.3 Å². The highest BCUT2D eigenvalue weighted by Gasteiger charge is 2.33. The third-order valence-electron chi connectivity index (χ3n) is 3.59. The van der Waals surface area contributed by atoms with E-state index in [9.17, 15) is 4.79 Å². The van der Waals surface area contributed by atoms with Crippen LogP contribution in [0.2, 0.25) is 0 Å². The zero-order chi connectivity index (χ0) is 10.6. The Hall–Kier alpha value is -0.410. The van der Waals surface area contributed by atoms with Crippen LogP contribution in [0.1, 0.15) is 38.5 Å². The lowest BCUT2D eigenvalue weighted by Gasteiger charge is -2.32. The summed E-state index contributed by atoms with van der Waals surface area (Å²) in [5.41, 5.74) is -0.180. The van der Waals surface area contributed by atoms with E-state index in [1.54, 1.807) is 0 Å². The zero-order valence-corrected chi connectivity index (χ0v) is 9.24. The first-order valence-electron chi connectivity index (χ1n) is 6.00. The van der Waals surface area contributed by atoms with Gasteiger partial charge >= 0.3 is 0 Å². The largest absolute Gasteiger partial charge is 0.379 e. The van der Waals surface area contributed by atoms with Crippen LogP contribution in [0.3, 0.4) is 0 Å². The molecule has 0 radical (unpaired) electrons. The molecule has 86 valence electrons. The third-order valence-corrected chi connectivity index (χ3v) is 3.59. The molecule has 0 unspecified atom stereocenters. The van der Waals surface area contributed by atoms with Crippen molar-refractivity contribution in [2.24, 2.45) is 5.41 Å². The Morgan fingerprint density at radius 3 is 2.73 bits per heavy atom.